The van der Waals surface area contributed by atoms with E-state index < -0.39 is 4.92 Å². The van der Waals surface area contributed by atoms with Gasteiger partial charge in [0.05, 0.1) is 37.1 Å². The Bertz CT molecular complexity index is 1090. The second kappa shape index (κ2) is 11.5. The van der Waals surface area contributed by atoms with Crippen molar-refractivity contribution >= 4 is 17.6 Å². The van der Waals surface area contributed by atoms with Crippen LogP contribution in [0.3, 0.4) is 0 Å². The molecular formula is C25H27N3O5. The first-order valence-corrected chi connectivity index (χ1v) is 10.5. The summed E-state index contributed by atoms with van der Waals surface area (Å²) in [4.78, 5) is 10.3. The number of aryl methyl sites for hydroxylation is 2. The van der Waals surface area contributed by atoms with Gasteiger partial charge in [0.2, 0.25) is 0 Å². The van der Waals surface area contributed by atoms with E-state index in [0.29, 0.717) is 36.8 Å². The Balaban J connectivity index is 1.58. The average Bonchev–Trinajstić information content (AvgIpc) is 2.81. The van der Waals surface area contributed by atoms with Gasteiger partial charge in [-0.1, -0.05) is 24.3 Å². The van der Waals surface area contributed by atoms with Crippen molar-refractivity contribution in [2.45, 2.75) is 20.3 Å². The van der Waals surface area contributed by atoms with Crippen molar-refractivity contribution in [1.29, 1.82) is 0 Å². The molecule has 3 aromatic rings. The van der Waals surface area contributed by atoms with Gasteiger partial charge in [-0.25, -0.2) is 0 Å². The first-order chi connectivity index (χ1) is 16.0. The largest absolute Gasteiger partial charge is 0.493 e. The number of hydrazone groups is 1. The summed E-state index contributed by atoms with van der Waals surface area (Å²) in [6.07, 6.45) is 2.32. The Hall–Kier alpha value is -4.07. The van der Waals surface area contributed by atoms with Gasteiger partial charge in [0.1, 0.15) is 5.75 Å². The Morgan fingerprint density at radius 2 is 1.58 bits per heavy atom. The normalized spacial score (nSPS) is 10.8. The molecule has 0 aliphatic carbocycles. The first kappa shape index (κ1) is 23.6. The molecule has 172 valence electrons. The number of ether oxygens (including phenoxy) is 3. The molecule has 3 aromatic carbocycles. The number of rotatable bonds is 11. The summed E-state index contributed by atoms with van der Waals surface area (Å²) in [5.74, 6) is 2.10. The molecule has 0 heterocycles. The molecule has 0 fully saturated rings. The number of hydrogen-bond donors (Lipinski definition) is 1. The number of anilines is 1. The van der Waals surface area contributed by atoms with Gasteiger partial charge < -0.3 is 14.2 Å². The molecule has 0 aliphatic heterocycles. The molecule has 0 bridgehead atoms. The van der Waals surface area contributed by atoms with Gasteiger partial charge in [-0.2, -0.15) is 5.10 Å². The topological polar surface area (TPSA) is 95.2 Å². The van der Waals surface area contributed by atoms with Gasteiger partial charge in [-0.15, -0.1) is 0 Å². The summed E-state index contributed by atoms with van der Waals surface area (Å²) < 4.78 is 17.4. The number of nitrogens with zero attached hydrogens (tertiary/aromatic N) is 2. The highest BCUT2D eigenvalue weighted by Crippen LogP contribution is 2.30. The van der Waals surface area contributed by atoms with Crippen molar-refractivity contribution in [3.63, 3.8) is 0 Å². The van der Waals surface area contributed by atoms with Crippen molar-refractivity contribution < 1.29 is 19.1 Å². The molecule has 3 rings (SSSR count). The molecule has 0 aromatic heterocycles. The van der Waals surface area contributed by atoms with Crippen LogP contribution >= 0.6 is 0 Å². The summed E-state index contributed by atoms with van der Waals surface area (Å²) in [7, 11) is 1.59. The zero-order chi connectivity index (χ0) is 23.6. The maximum absolute atomic E-state index is 10.8. The van der Waals surface area contributed by atoms with E-state index >= 15 is 0 Å². The predicted octanol–water partition coefficient (Wildman–Crippen LogP) is 5.51. The fourth-order valence-electron chi connectivity index (χ4n) is 3.22. The van der Waals surface area contributed by atoms with E-state index in [1.165, 1.54) is 12.1 Å². The lowest BCUT2D eigenvalue weighted by atomic mass is 10.1. The highest BCUT2D eigenvalue weighted by Gasteiger charge is 2.10. The van der Waals surface area contributed by atoms with Crippen molar-refractivity contribution in [3.05, 3.63) is 87.5 Å². The minimum Gasteiger partial charge on any atom is -0.493 e. The fraction of sp³-hybridized carbons (Fsp3) is 0.240. The number of nitrogens with one attached hydrogen (secondary N) is 1. The van der Waals surface area contributed by atoms with Crippen molar-refractivity contribution in [2.24, 2.45) is 5.10 Å². The molecule has 8 nitrogen and oxygen atoms in total. The molecule has 8 heteroatoms. The van der Waals surface area contributed by atoms with E-state index in [-0.39, 0.29) is 5.69 Å². The van der Waals surface area contributed by atoms with Gasteiger partial charge in [-0.3, -0.25) is 15.5 Å². The fourth-order valence-corrected chi connectivity index (χ4v) is 3.22. The minimum atomic E-state index is -0.444. The number of para-hydroxylation sites is 2. The molecule has 0 amide bonds. The standard InChI is InChI=1S/C25H27N3O5/c1-18-7-4-8-19(2)24(18)32-15-6-16-33-25-20(9-5-10-23(25)31-3)17-26-27-21-11-13-22(14-12-21)28(29)30/h4-5,7-14,17,27H,6,15-16H2,1-3H3/b26-17+. The highest BCUT2D eigenvalue weighted by molar-refractivity contribution is 5.85. The summed E-state index contributed by atoms with van der Waals surface area (Å²) in [6.45, 7) is 5.04. The van der Waals surface area contributed by atoms with Gasteiger partial charge in [0, 0.05) is 24.1 Å². The van der Waals surface area contributed by atoms with Crippen molar-refractivity contribution in [2.75, 3.05) is 25.7 Å². The van der Waals surface area contributed by atoms with E-state index in [1.807, 2.05) is 50.2 Å². The maximum atomic E-state index is 10.8. The first-order valence-electron chi connectivity index (χ1n) is 10.5. The third-order valence-electron chi connectivity index (χ3n) is 4.89. The lowest BCUT2D eigenvalue weighted by molar-refractivity contribution is -0.384. The average molecular weight is 450 g/mol. The Morgan fingerprint density at radius 3 is 2.21 bits per heavy atom. The van der Waals surface area contributed by atoms with Crippen LogP contribution in [0.1, 0.15) is 23.1 Å². The molecule has 0 atom stereocenters. The summed E-state index contributed by atoms with van der Waals surface area (Å²) in [5.41, 5.74) is 6.47. The molecule has 33 heavy (non-hydrogen) atoms. The molecule has 0 spiro atoms. The van der Waals surface area contributed by atoms with E-state index in [2.05, 4.69) is 10.5 Å². The zero-order valence-electron chi connectivity index (χ0n) is 18.9. The van der Waals surface area contributed by atoms with Gasteiger partial charge >= 0.3 is 0 Å². The summed E-state index contributed by atoms with van der Waals surface area (Å²) in [5, 5.41) is 15.0. The highest BCUT2D eigenvalue weighted by atomic mass is 16.6. The van der Waals surface area contributed by atoms with E-state index in [1.54, 1.807) is 25.5 Å². The third-order valence-corrected chi connectivity index (χ3v) is 4.89. The molecule has 1 N–H and O–H groups in total. The van der Waals surface area contributed by atoms with Crippen LogP contribution in [-0.4, -0.2) is 31.5 Å². The molecule has 0 saturated heterocycles. The van der Waals surface area contributed by atoms with E-state index in [0.717, 1.165) is 22.4 Å². The van der Waals surface area contributed by atoms with Gasteiger partial charge in [0.25, 0.3) is 5.69 Å². The lowest BCUT2D eigenvalue weighted by Crippen LogP contribution is -2.08. The second-order valence-electron chi connectivity index (χ2n) is 7.32. The van der Waals surface area contributed by atoms with Crippen LogP contribution in [0.15, 0.2) is 65.8 Å². The van der Waals surface area contributed by atoms with Crippen LogP contribution in [0.5, 0.6) is 17.2 Å². The van der Waals surface area contributed by atoms with Crippen LogP contribution in [0.4, 0.5) is 11.4 Å². The molecular weight excluding hydrogens is 422 g/mol. The van der Waals surface area contributed by atoms with E-state index in [9.17, 15) is 10.1 Å². The number of non-ortho nitro benzene ring substituents is 1. The number of benzene rings is 3. The van der Waals surface area contributed by atoms with Crippen molar-refractivity contribution in [3.8, 4) is 17.2 Å². The van der Waals surface area contributed by atoms with Crippen LogP contribution in [0.2, 0.25) is 0 Å². The molecule has 0 radical (unpaired) electrons. The number of hydrogen-bond acceptors (Lipinski definition) is 7. The Morgan fingerprint density at radius 1 is 0.939 bits per heavy atom. The minimum absolute atomic E-state index is 0.0228. The van der Waals surface area contributed by atoms with Crippen molar-refractivity contribution in [1.82, 2.24) is 0 Å². The van der Waals surface area contributed by atoms with Crippen LogP contribution in [-0.2, 0) is 0 Å². The predicted molar refractivity (Wildman–Crippen MR) is 129 cm³/mol. The smallest absolute Gasteiger partial charge is 0.269 e. The van der Waals surface area contributed by atoms with Gasteiger partial charge in [0.15, 0.2) is 11.5 Å². The maximum Gasteiger partial charge on any atom is 0.269 e. The van der Waals surface area contributed by atoms with E-state index in [4.69, 9.17) is 14.2 Å². The lowest BCUT2D eigenvalue weighted by Gasteiger charge is -2.14. The quantitative estimate of drug-likeness (QED) is 0.179. The number of nitro benzene ring substituents is 1. The second-order valence-corrected chi connectivity index (χ2v) is 7.32. The number of methoxy groups -OCH3 is 1. The number of nitro groups is 1. The zero-order valence-corrected chi connectivity index (χ0v) is 18.9. The SMILES string of the molecule is COc1cccc(/C=N/Nc2ccc([N+](=O)[O-])cc2)c1OCCCOc1c(C)cccc1C. The monoisotopic (exact) mass is 449 g/mol. The van der Waals surface area contributed by atoms with Crippen LogP contribution < -0.4 is 19.6 Å². The Labute approximate surface area is 193 Å². The summed E-state index contributed by atoms with van der Waals surface area (Å²) >= 11 is 0. The Kier molecular flexibility index (Phi) is 8.24. The molecule has 0 saturated carbocycles. The third kappa shape index (κ3) is 6.46. The molecule has 0 aliphatic rings. The molecule has 0 unspecified atom stereocenters. The van der Waals surface area contributed by atoms with Crippen LogP contribution in [0, 0.1) is 24.0 Å². The van der Waals surface area contributed by atoms with Crippen LogP contribution in [0.25, 0.3) is 0 Å². The van der Waals surface area contributed by atoms with Gasteiger partial charge in [-0.05, 0) is 49.2 Å². The summed E-state index contributed by atoms with van der Waals surface area (Å²) in [6, 6.07) is 17.6.